The minimum absolute atomic E-state index is 0.0286. The third-order valence-electron chi connectivity index (χ3n) is 5.45. The molecule has 1 saturated heterocycles. The van der Waals surface area contributed by atoms with Crippen LogP contribution in [0.2, 0.25) is 0 Å². The standard InChI is InChI=1S/C25H32N2O2/c1-25(2,3)18-26(4)24(29)21-15-16-22(28)27(17-19-11-7-5-8-12-19)23(21)20-13-9-6-10-14-20/h5-14,21,23H,15-18H2,1-4H3. The zero-order chi connectivity index (χ0) is 21.0. The molecule has 29 heavy (non-hydrogen) atoms. The molecule has 2 unspecified atom stereocenters. The Labute approximate surface area is 174 Å². The fourth-order valence-corrected chi connectivity index (χ4v) is 4.31. The highest BCUT2D eigenvalue weighted by molar-refractivity contribution is 5.85. The first-order valence-electron chi connectivity index (χ1n) is 10.4. The van der Waals surface area contributed by atoms with Crippen molar-refractivity contribution in [1.82, 2.24) is 9.80 Å². The van der Waals surface area contributed by atoms with Crippen molar-refractivity contribution in [2.75, 3.05) is 13.6 Å². The van der Waals surface area contributed by atoms with Crippen LogP contribution in [0.5, 0.6) is 0 Å². The van der Waals surface area contributed by atoms with Crippen LogP contribution in [0.15, 0.2) is 60.7 Å². The van der Waals surface area contributed by atoms with Crippen molar-refractivity contribution >= 4 is 11.8 Å². The van der Waals surface area contributed by atoms with Crippen LogP contribution < -0.4 is 0 Å². The summed E-state index contributed by atoms with van der Waals surface area (Å²) in [5, 5.41) is 0. The summed E-state index contributed by atoms with van der Waals surface area (Å²) in [6, 6.07) is 19.8. The van der Waals surface area contributed by atoms with Crippen LogP contribution >= 0.6 is 0 Å². The summed E-state index contributed by atoms with van der Waals surface area (Å²) in [7, 11) is 1.88. The molecule has 2 aromatic carbocycles. The van der Waals surface area contributed by atoms with Gasteiger partial charge in [0.15, 0.2) is 0 Å². The van der Waals surface area contributed by atoms with E-state index in [0.717, 1.165) is 11.1 Å². The fourth-order valence-electron chi connectivity index (χ4n) is 4.31. The lowest BCUT2D eigenvalue weighted by molar-refractivity contribution is -0.148. The Morgan fingerprint density at radius 3 is 2.21 bits per heavy atom. The SMILES string of the molecule is CN(CC(C)(C)C)C(=O)C1CCC(=O)N(Cc2ccccc2)C1c1ccccc1. The lowest BCUT2D eigenvalue weighted by Crippen LogP contribution is -2.49. The summed E-state index contributed by atoms with van der Waals surface area (Å²) in [6.45, 7) is 7.62. The Kier molecular flexibility index (Phi) is 6.41. The van der Waals surface area contributed by atoms with Gasteiger partial charge in [-0.15, -0.1) is 0 Å². The van der Waals surface area contributed by atoms with Crippen molar-refractivity contribution in [3.8, 4) is 0 Å². The zero-order valence-corrected chi connectivity index (χ0v) is 18.0. The van der Waals surface area contributed by atoms with Gasteiger partial charge in [0, 0.05) is 26.6 Å². The van der Waals surface area contributed by atoms with Gasteiger partial charge in [0.05, 0.1) is 12.0 Å². The van der Waals surface area contributed by atoms with E-state index in [1.54, 1.807) is 0 Å². The summed E-state index contributed by atoms with van der Waals surface area (Å²) in [5.74, 6) is 0.00994. The molecule has 2 aromatic rings. The molecule has 0 aromatic heterocycles. The number of carbonyl (C=O) groups is 2. The number of likely N-dealkylation sites (tertiary alicyclic amines) is 1. The molecule has 0 N–H and O–H groups in total. The quantitative estimate of drug-likeness (QED) is 0.742. The highest BCUT2D eigenvalue weighted by Gasteiger charge is 2.41. The van der Waals surface area contributed by atoms with Gasteiger partial charge in [0.2, 0.25) is 11.8 Å². The van der Waals surface area contributed by atoms with Crippen molar-refractivity contribution in [3.05, 3.63) is 71.8 Å². The van der Waals surface area contributed by atoms with Crippen molar-refractivity contribution in [1.29, 1.82) is 0 Å². The number of hydrogen-bond donors (Lipinski definition) is 0. The highest BCUT2D eigenvalue weighted by atomic mass is 16.2. The molecule has 1 aliphatic heterocycles. The first kappa shape index (κ1) is 21.1. The van der Waals surface area contributed by atoms with E-state index in [0.29, 0.717) is 25.9 Å². The van der Waals surface area contributed by atoms with E-state index in [1.165, 1.54) is 0 Å². The molecule has 1 aliphatic rings. The summed E-state index contributed by atoms with van der Waals surface area (Å²) in [4.78, 5) is 30.2. The minimum Gasteiger partial charge on any atom is -0.345 e. The van der Waals surface area contributed by atoms with Crippen molar-refractivity contribution in [3.63, 3.8) is 0 Å². The van der Waals surface area contributed by atoms with Crippen molar-refractivity contribution < 1.29 is 9.59 Å². The Hall–Kier alpha value is -2.62. The van der Waals surface area contributed by atoms with Crippen molar-refractivity contribution in [2.45, 2.75) is 46.2 Å². The van der Waals surface area contributed by atoms with Crippen LogP contribution in [-0.2, 0) is 16.1 Å². The Bertz CT molecular complexity index is 827. The van der Waals surface area contributed by atoms with Gasteiger partial charge in [-0.2, -0.15) is 0 Å². The number of rotatable bonds is 5. The molecule has 0 saturated carbocycles. The average Bonchev–Trinajstić information content (AvgIpc) is 2.69. The molecule has 0 radical (unpaired) electrons. The van der Waals surface area contributed by atoms with Crippen LogP contribution in [0, 0.1) is 11.3 Å². The summed E-state index contributed by atoms with van der Waals surface area (Å²) >= 11 is 0. The van der Waals surface area contributed by atoms with E-state index in [4.69, 9.17) is 0 Å². The summed E-state index contributed by atoms with van der Waals surface area (Å²) < 4.78 is 0. The number of piperidine rings is 1. The first-order valence-corrected chi connectivity index (χ1v) is 10.4. The number of carbonyl (C=O) groups excluding carboxylic acids is 2. The van der Waals surface area contributed by atoms with Crippen LogP contribution in [0.4, 0.5) is 0 Å². The Morgan fingerprint density at radius 1 is 1.03 bits per heavy atom. The number of benzene rings is 2. The van der Waals surface area contributed by atoms with Crippen molar-refractivity contribution in [2.24, 2.45) is 11.3 Å². The second-order valence-corrected chi connectivity index (χ2v) is 9.26. The summed E-state index contributed by atoms with van der Waals surface area (Å²) in [6.07, 6.45) is 1.01. The Morgan fingerprint density at radius 2 is 1.62 bits per heavy atom. The molecule has 0 aliphatic carbocycles. The molecule has 0 spiro atoms. The van der Waals surface area contributed by atoms with E-state index in [1.807, 2.05) is 77.5 Å². The number of nitrogens with zero attached hydrogens (tertiary/aromatic N) is 2. The zero-order valence-electron chi connectivity index (χ0n) is 18.0. The molecular formula is C25H32N2O2. The third-order valence-corrected chi connectivity index (χ3v) is 5.45. The largest absolute Gasteiger partial charge is 0.345 e. The Balaban J connectivity index is 1.94. The van der Waals surface area contributed by atoms with Gasteiger partial charge in [-0.25, -0.2) is 0 Å². The van der Waals surface area contributed by atoms with E-state index in [2.05, 4.69) is 20.8 Å². The molecule has 154 valence electrons. The molecule has 0 bridgehead atoms. The van der Waals surface area contributed by atoms with E-state index in [9.17, 15) is 9.59 Å². The van der Waals surface area contributed by atoms with Crippen LogP contribution in [0.1, 0.15) is 50.8 Å². The monoisotopic (exact) mass is 392 g/mol. The van der Waals surface area contributed by atoms with Crippen LogP contribution in [0.25, 0.3) is 0 Å². The second kappa shape index (κ2) is 8.81. The lowest BCUT2D eigenvalue weighted by Gasteiger charge is -2.42. The van der Waals surface area contributed by atoms with Gasteiger partial charge < -0.3 is 9.80 Å². The number of hydrogen-bond acceptors (Lipinski definition) is 2. The predicted octanol–water partition coefficient (Wildman–Crippen LogP) is 4.67. The molecular weight excluding hydrogens is 360 g/mol. The maximum Gasteiger partial charge on any atom is 0.227 e. The van der Waals surface area contributed by atoms with Gasteiger partial charge in [-0.1, -0.05) is 81.4 Å². The molecule has 1 heterocycles. The maximum absolute atomic E-state index is 13.5. The van der Waals surface area contributed by atoms with Crippen LogP contribution in [-0.4, -0.2) is 35.2 Å². The summed E-state index contributed by atoms with van der Waals surface area (Å²) in [5.41, 5.74) is 2.14. The van der Waals surface area contributed by atoms with Gasteiger partial charge in [-0.05, 0) is 23.0 Å². The van der Waals surface area contributed by atoms with E-state index in [-0.39, 0.29) is 29.2 Å². The molecule has 1 fully saturated rings. The maximum atomic E-state index is 13.5. The number of amides is 2. The minimum atomic E-state index is -0.243. The van der Waals surface area contributed by atoms with Crippen LogP contribution in [0.3, 0.4) is 0 Å². The van der Waals surface area contributed by atoms with Gasteiger partial charge in [0.25, 0.3) is 0 Å². The molecule has 4 nitrogen and oxygen atoms in total. The predicted molar refractivity (Wildman–Crippen MR) is 116 cm³/mol. The lowest BCUT2D eigenvalue weighted by atomic mass is 9.82. The molecule has 4 heteroatoms. The molecule has 3 rings (SSSR count). The van der Waals surface area contributed by atoms with Gasteiger partial charge in [-0.3, -0.25) is 9.59 Å². The smallest absolute Gasteiger partial charge is 0.227 e. The van der Waals surface area contributed by atoms with E-state index >= 15 is 0 Å². The third kappa shape index (κ3) is 5.26. The normalized spacial score (nSPS) is 19.9. The van der Waals surface area contributed by atoms with Gasteiger partial charge in [0.1, 0.15) is 0 Å². The second-order valence-electron chi connectivity index (χ2n) is 9.26. The highest BCUT2D eigenvalue weighted by Crippen LogP contribution is 2.39. The van der Waals surface area contributed by atoms with Gasteiger partial charge >= 0.3 is 0 Å². The average molecular weight is 393 g/mol. The molecule has 2 atom stereocenters. The van der Waals surface area contributed by atoms with E-state index < -0.39 is 0 Å². The fraction of sp³-hybridized carbons (Fsp3) is 0.440. The first-order chi connectivity index (χ1) is 13.8. The molecule has 2 amide bonds. The topological polar surface area (TPSA) is 40.6 Å².